The first-order chi connectivity index (χ1) is 9.99. The van der Waals surface area contributed by atoms with Gasteiger partial charge in [-0.05, 0) is 30.2 Å². The lowest BCUT2D eigenvalue weighted by Crippen LogP contribution is -2.34. The smallest absolute Gasteiger partial charge is 0.268 e. The molecule has 6 heteroatoms. The topological polar surface area (TPSA) is 68.2 Å². The highest BCUT2D eigenvalue weighted by molar-refractivity contribution is 7.91. The predicted octanol–water partition coefficient (Wildman–Crippen LogP) is 1.67. The molecule has 1 amide bonds. The van der Waals surface area contributed by atoms with Gasteiger partial charge in [0.1, 0.15) is 5.69 Å². The number of aryl methyl sites for hydroxylation is 1. The Morgan fingerprint density at radius 2 is 2.00 bits per heavy atom. The third kappa shape index (κ3) is 2.47. The second-order valence-electron chi connectivity index (χ2n) is 5.18. The van der Waals surface area contributed by atoms with E-state index in [1.165, 1.54) is 0 Å². The van der Waals surface area contributed by atoms with Crippen molar-refractivity contribution in [2.24, 2.45) is 7.05 Å². The normalized spacial score (nSPS) is 19.8. The molecule has 5 nitrogen and oxygen atoms in total. The summed E-state index contributed by atoms with van der Waals surface area (Å²) in [5, 5.41) is 2.93. The molecular weight excluding hydrogens is 288 g/mol. The van der Waals surface area contributed by atoms with Crippen molar-refractivity contribution in [3.63, 3.8) is 0 Å². The lowest BCUT2D eigenvalue weighted by molar-refractivity contribution is 0.0926. The summed E-state index contributed by atoms with van der Waals surface area (Å²) >= 11 is 0. The van der Waals surface area contributed by atoms with Crippen LogP contribution in [-0.2, 0) is 16.9 Å². The van der Waals surface area contributed by atoms with Crippen LogP contribution in [0.1, 0.15) is 28.5 Å². The first-order valence-corrected chi connectivity index (χ1v) is 8.38. The fourth-order valence-corrected chi connectivity index (χ4v) is 4.29. The van der Waals surface area contributed by atoms with Gasteiger partial charge in [0.15, 0.2) is 9.84 Å². The highest BCUT2D eigenvalue weighted by Crippen LogP contribution is 2.32. The van der Waals surface area contributed by atoms with Crippen LogP contribution in [0.4, 0.5) is 0 Å². The van der Waals surface area contributed by atoms with Crippen LogP contribution in [0.5, 0.6) is 0 Å². The molecule has 1 aliphatic heterocycles. The summed E-state index contributed by atoms with van der Waals surface area (Å²) in [6.07, 6.45) is 2.20. The lowest BCUT2D eigenvalue weighted by atomic mass is 10.0. The molecule has 2 aromatic rings. The zero-order valence-corrected chi connectivity index (χ0v) is 12.4. The number of nitrogens with zero attached hydrogens (tertiary/aromatic N) is 1. The summed E-state index contributed by atoms with van der Waals surface area (Å²) in [5.74, 6) is -0.135. The Bertz CT molecular complexity index is 793. The van der Waals surface area contributed by atoms with Gasteiger partial charge < -0.3 is 9.88 Å². The van der Waals surface area contributed by atoms with Crippen LogP contribution < -0.4 is 5.32 Å². The maximum atomic E-state index is 12.3. The van der Waals surface area contributed by atoms with Gasteiger partial charge in [-0.3, -0.25) is 4.79 Å². The molecule has 110 valence electrons. The summed E-state index contributed by atoms with van der Waals surface area (Å²) in [6.45, 7) is 0. The Kier molecular flexibility index (Phi) is 3.33. The average Bonchev–Trinajstić information content (AvgIpc) is 2.89. The van der Waals surface area contributed by atoms with Gasteiger partial charge in [0.2, 0.25) is 0 Å². The summed E-state index contributed by atoms with van der Waals surface area (Å²) in [4.78, 5) is 12.6. The molecule has 1 aromatic heterocycles. The van der Waals surface area contributed by atoms with Crippen LogP contribution in [0.3, 0.4) is 0 Å². The van der Waals surface area contributed by atoms with Crippen LogP contribution in [-0.4, -0.2) is 24.6 Å². The van der Waals surface area contributed by atoms with E-state index in [1.54, 1.807) is 54.2 Å². The van der Waals surface area contributed by atoms with E-state index < -0.39 is 9.84 Å². The van der Waals surface area contributed by atoms with Gasteiger partial charge in [-0.15, -0.1) is 0 Å². The fraction of sp³-hybridized carbons (Fsp3) is 0.267. The van der Waals surface area contributed by atoms with Crippen LogP contribution >= 0.6 is 0 Å². The van der Waals surface area contributed by atoms with Crippen LogP contribution in [0.25, 0.3) is 0 Å². The molecule has 1 aromatic carbocycles. The molecule has 0 radical (unpaired) electrons. The molecule has 1 N–H and O–H groups in total. The molecule has 0 saturated heterocycles. The van der Waals surface area contributed by atoms with E-state index in [-0.39, 0.29) is 17.7 Å². The van der Waals surface area contributed by atoms with Crippen molar-refractivity contribution < 1.29 is 13.2 Å². The minimum Gasteiger partial charge on any atom is -0.347 e. The number of carbonyl (C=O) groups is 1. The molecule has 0 saturated carbocycles. The first kappa shape index (κ1) is 13.9. The number of nitrogens with one attached hydrogen (secondary N) is 1. The predicted molar refractivity (Wildman–Crippen MR) is 78.7 cm³/mol. The van der Waals surface area contributed by atoms with E-state index in [0.29, 0.717) is 22.6 Å². The second kappa shape index (κ2) is 5.04. The zero-order chi connectivity index (χ0) is 15.0. The molecule has 0 spiro atoms. The van der Waals surface area contributed by atoms with E-state index in [2.05, 4.69) is 5.32 Å². The number of sulfone groups is 1. The van der Waals surface area contributed by atoms with Gasteiger partial charge in [-0.2, -0.15) is 0 Å². The summed E-state index contributed by atoms with van der Waals surface area (Å²) in [6, 6.07) is 10.1. The number of benzene rings is 1. The molecule has 1 unspecified atom stereocenters. The van der Waals surface area contributed by atoms with Crippen LogP contribution in [0.15, 0.2) is 47.5 Å². The summed E-state index contributed by atoms with van der Waals surface area (Å²) in [5.41, 5.74) is 1.23. The van der Waals surface area contributed by atoms with Gasteiger partial charge >= 0.3 is 0 Å². The standard InChI is InChI=1S/C15H16N2O3S/c1-17-9-4-6-13(17)15(18)16-12-8-10-21(19,20)14-7-3-2-5-11(12)14/h2-7,9,12H,8,10H2,1H3,(H,16,18). The Morgan fingerprint density at radius 1 is 1.24 bits per heavy atom. The van der Waals surface area contributed by atoms with E-state index in [0.717, 1.165) is 0 Å². The second-order valence-corrected chi connectivity index (χ2v) is 7.25. The molecule has 1 aliphatic rings. The van der Waals surface area contributed by atoms with Crippen LogP contribution in [0.2, 0.25) is 0 Å². The first-order valence-electron chi connectivity index (χ1n) is 6.73. The summed E-state index contributed by atoms with van der Waals surface area (Å²) < 4.78 is 25.9. The van der Waals surface area contributed by atoms with Crippen molar-refractivity contribution in [1.29, 1.82) is 0 Å². The third-order valence-corrected chi connectivity index (χ3v) is 5.60. The van der Waals surface area contributed by atoms with Crippen molar-refractivity contribution in [1.82, 2.24) is 9.88 Å². The molecule has 0 fully saturated rings. The molecule has 1 atom stereocenters. The maximum Gasteiger partial charge on any atom is 0.268 e. The van der Waals surface area contributed by atoms with Gasteiger partial charge in [0.05, 0.1) is 16.7 Å². The number of hydrogen-bond acceptors (Lipinski definition) is 3. The highest BCUT2D eigenvalue weighted by atomic mass is 32.2. The van der Waals surface area contributed by atoms with Gasteiger partial charge in [-0.1, -0.05) is 18.2 Å². The number of amides is 1. The SMILES string of the molecule is Cn1cccc1C(=O)NC1CCS(=O)(=O)c2ccccc21. The van der Waals surface area contributed by atoms with Crippen molar-refractivity contribution in [2.75, 3.05) is 5.75 Å². The number of hydrogen-bond donors (Lipinski definition) is 1. The Morgan fingerprint density at radius 3 is 2.71 bits per heavy atom. The minimum absolute atomic E-state index is 0.0576. The van der Waals surface area contributed by atoms with Crippen molar-refractivity contribution in [3.8, 4) is 0 Å². The Hall–Kier alpha value is -2.08. The number of carbonyl (C=O) groups excluding carboxylic acids is 1. The van der Waals surface area contributed by atoms with Gasteiger partial charge in [-0.25, -0.2) is 8.42 Å². The minimum atomic E-state index is -3.23. The van der Waals surface area contributed by atoms with Crippen molar-refractivity contribution in [3.05, 3.63) is 53.9 Å². The Balaban J connectivity index is 1.91. The highest BCUT2D eigenvalue weighted by Gasteiger charge is 2.31. The molecule has 3 rings (SSSR count). The van der Waals surface area contributed by atoms with E-state index in [1.807, 2.05) is 0 Å². The van der Waals surface area contributed by atoms with Crippen molar-refractivity contribution >= 4 is 15.7 Å². The monoisotopic (exact) mass is 304 g/mol. The number of rotatable bonds is 2. The largest absolute Gasteiger partial charge is 0.347 e. The molecule has 2 heterocycles. The molecule has 0 aliphatic carbocycles. The molecule has 21 heavy (non-hydrogen) atoms. The average molecular weight is 304 g/mol. The van der Waals surface area contributed by atoms with E-state index in [9.17, 15) is 13.2 Å². The maximum absolute atomic E-state index is 12.3. The third-order valence-electron chi connectivity index (χ3n) is 3.79. The van der Waals surface area contributed by atoms with Gasteiger partial charge in [0, 0.05) is 13.2 Å². The number of fused-ring (bicyclic) bond motifs is 1. The molecular formula is C15H16N2O3S. The van der Waals surface area contributed by atoms with Crippen LogP contribution in [0, 0.1) is 0 Å². The zero-order valence-electron chi connectivity index (χ0n) is 11.6. The van der Waals surface area contributed by atoms with E-state index in [4.69, 9.17) is 0 Å². The van der Waals surface area contributed by atoms with Crippen molar-refractivity contribution in [2.45, 2.75) is 17.4 Å². The van der Waals surface area contributed by atoms with Gasteiger partial charge in [0.25, 0.3) is 5.91 Å². The summed E-state index contributed by atoms with van der Waals surface area (Å²) in [7, 11) is -1.43. The van der Waals surface area contributed by atoms with E-state index >= 15 is 0 Å². The number of aromatic nitrogens is 1. The molecule has 0 bridgehead atoms. The lowest BCUT2D eigenvalue weighted by Gasteiger charge is -2.26. The Labute approximate surface area is 123 Å². The fourth-order valence-electron chi connectivity index (χ4n) is 2.67. The quantitative estimate of drug-likeness (QED) is 0.917.